The van der Waals surface area contributed by atoms with E-state index < -0.39 is 0 Å². The zero-order chi connectivity index (χ0) is 18.1. The fourth-order valence-electron chi connectivity index (χ4n) is 3.50. The maximum Gasteiger partial charge on any atom is 0.270 e. The summed E-state index contributed by atoms with van der Waals surface area (Å²) < 4.78 is 1.92. The SMILES string of the molecule is CSc1ccc([C@H]2SCC(=O)Nc3c2c(=O)[nH]n3C2CCSCC2)cc1. The molecular formula is C18H21N3O2S3. The lowest BCUT2D eigenvalue weighted by atomic mass is 10.1. The molecule has 1 fully saturated rings. The summed E-state index contributed by atoms with van der Waals surface area (Å²) in [6.45, 7) is 0. The maximum absolute atomic E-state index is 12.8. The first-order chi connectivity index (χ1) is 12.7. The molecule has 2 aromatic rings. The van der Waals surface area contributed by atoms with E-state index in [4.69, 9.17) is 0 Å². The van der Waals surface area contributed by atoms with Crippen LogP contribution in [-0.4, -0.2) is 39.2 Å². The number of aromatic nitrogens is 2. The van der Waals surface area contributed by atoms with Crippen molar-refractivity contribution < 1.29 is 4.79 Å². The molecule has 26 heavy (non-hydrogen) atoms. The quantitative estimate of drug-likeness (QED) is 0.759. The Morgan fingerprint density at radius 3 is 2.58 bits per heavy atom. The monoisotopic (exact) mass is 407 g/mol. The number of aromatic amines is 1. The number of anilines is 1. The Labute approximate surface area is 165 Å². The van der Waals surface area contributed by atoms with Crippen LogP contribution in [0, 0.1) is 0 Å². The fraction of sp³-hybridized carbons (Fsp3) is 0.444. The minimum Gasteiger partial charge on any atom is -0.310 e. The number of amides is 1. The van der Waals surface area contributed by atoms with E-state index >= 15 is 0 Å². The molecule has 138 valence electrons. The van der Waals surface area contributed by atoms with Crippen molar-refractivity contribution >= 4 is 47.0 Å². The normalized spacial score (nSPS) is 21.1. The third kappa shape index (κ3) is 3.46. The van der Waals surface area contributed by atoms with Crippen molar-refractivity contribution in [1.29, 1.82) is 0 Å². The summed E-state index contributed by atoms with van der Waals surface area (Å²) in [5, 5.41) is 5.87. The van der Waals surface area contributed by atoms with Gasteiger partial charge in [0.25, 0.3) is 5.56 Å². The second kappa shape index (κ2) is 7.78. The van der Waals surface area contributed by atoms with E-state index in [2.05, 4.69) is 34.7 Å². The molecule has 0 radical (unpaired) electrons. The van der Waals surface area contributed by atoms with Gasteiger partial charge in [-0.25, -0.2) is 0 Å². The largest absolute Gasteiger partial charge is 0.310 e. The number of carbonyl (C=O) groups is 1. The number of nitrogens with zero attached hydrogens (tertiary/aromatic N) is 1. The van der Waals surface area contributed by atoms with Gasteiger partial charge in [-0.2, -0.15) is 11.8 Å². The topological polar surface area (TPSA) is 66.9 Å². The highest BCUT2D eigenvalue weighted by molar-refractivity contribution is 8.00. The van der Waals surface area contributed by atoms with Crippen molar-refractivity contribution in [1.82, 2.24) is 9.78 Å². The van der Waals surface area contributed by atoms with Crippen LogP contribution in [0.2, 0.25) is 0 Å². The van der Waals surface area contributed by atoms with Gasteiger partial charge < -0.3 is 5.32 Å². The van der Waals surface area contributed by atoms with Gasteiger partial charge in [-0.1, -0.05) is 12.1 Å². The van der Waals surface area contributed by atoms with Crippen LogP contribution in [0.4, 0.5) is 5.82 Å². The van der Waals surface area contributed by atoms with Crippen molar-refractivity contribution in [3.05, 3.63) is 45.7 Å². The summed E-state index contributed by atoms with van der Waals surface area (Å²) in [5.41, 5.74) is 1.65. The minimum absolute atomic E-state index is 0.0441. The highest BCUT2D eigenvalue weighted by Gasteiger charge is 2.32. The number of hydrogen-bond donors (Lipinski definition) is 2. The highest BCUT2D eigenvalue weighted by Crippen LogP contribution is 2.41. The van der Waals surface area contributed by atoms with Crippen molar-refractivity contribution in [2.45, 2.75) is 29.0 Å². The Hall–Kier alpha value is -1.25. The van der Waals surface area contributed by atoms with Gasteiger partial charge in [0.1, 0.15) is 5.82 Å². The standard InChI is InChI=1S/C18H21N3O2S3/c1-24-13-4-2-11(3-5-13)16-15-17(19-14(22)10-26-16)21(20-18(15)23)12-6-8-25-9-7-12/h2-5,12,16H,6-10H2,1H3,(H,19,22)(H,20,23)/t16-/m1/s1. The highest BCUT2D eigenvalue weighted by atomic mass is 32.2. The van der Waals surface area contributed by atoms with Crippen LogP contribution >= 0.6 is 35.3 Å². The van der Waals surface area contributed by atoms with Gasteiger partial charge in [-0.3, -0.25) is 19.4 Å². The van der Waals surface area contributed by atoms with Gasteiger partial charge in [-0.05, 0) is 48.3 Å². The fourth-order valence-corrected chi connectivity index (χ4v) is 6.12. The van der Waals surface area contributed by atoms with E-state index in [1.165, 1.54) is 16.7 Å². The van der Waals surface area contributed by atoms with Gasteiger partial charge in [0.05, 0.1) is 22.6 Å². The summed E-state index contributed by atoms with van der Waals surface area (Å²) in [7, 11) is 0. The summed E-state index contributed by atoms with van der Waals surface area (Å²) in [5.74, 6) is 3.14. The van der Waals surface area contributed by atoms with Gasteiger partial charge in [-0.15, -0.1) is 23.5 Å². The van der Waals surface area contributed by atoms with Gasteiger partial charge >= 0.3 is 0 Å². The van der Waals surface area contributed by atoms with Gasteiger partial charge in [0.15, 0.2) is 0 Å². The van der Waals surface area contributed by atoms with Crippen molar-refractivity contribution in [2.24, 2.45) is 0 Å². The lowest BCUT2D eigenvalue weighted by Crippen LogP contribution is -2.22. The minimum atomic E-state index is -0.136. The van der Waals surface area contributed by atoms with Crippen LogP contribution in [0.3, 0.4) is 0 Å². The van der Waals surface area contributed by atoms with E-state index in [9.17, 15) is 9.59 Å². The Morgan fingerprint density at radius 1 is 1.15 bits per heavy atom. The average molecular weight is 408 g/mol. The van der Waals surface area contributed by atoms with Crippen LogP contribution in [-0.2, 0) is 4.79 Å². The van der Waals surface area contributed by atoms with Crippen LogP contribution in [0.1, 0.15) is 35.3 Å². The number of carbonyl (C=O) groups excluding carboxylic acids is 1. The van der Waals surface area contributed by atoms with Gasteiger partial charge in [0.2, 0.25) is 5.91 Å². The molecule has 0 bridgehead atoms. The van der Waals surface area contributed by atoms with Crippen LogP contribution < -0.4 is 10.9 Å². The molecule has 2 aliphatic rings. The molecule has 0 saturated carbocycles. The second-order valence-corrected chi connectivity index (χ2v) is 9.63. The molecule has 0 spiro atoms. The molecule has 1 aromatic heterocycles. The van der Waals surface area contributed by atoms with E-state index in [0.29, 0.717) is 17.1 Å². The molecule has 3 heterocycles. The second-order valence-electron chi connectivity index (χ2n) is 6.43. The number of fused-ring (bicyclic) bond motifs is 1. The molecule has 1 saturated heterocycles. The molecule has 2 N–H and O–H groups in total. The molecule has 8 heteroatoms. The van der Waals surface area contributed by atoms with E-state index in [-0.39, 0.29) is 22.8 Å². The molecule has 1 amide bonds. The first kappa shape index (κ1) is 18.1. The lowest BCUT2D eigenvalue weighted by molar-refractivity contribution is -0.113. The molecule has 4 rings (SSSR count). The number of nitrogens with one attached hydrogen (secondary N) is 2. The molecule has 5 nitrogen and oxygen atoms in total. The average Bonchev–Trinajstić information content (AvgIpc) is 2.88. The summed E-state index contributed by atoms with van der Waals surface area (Å²) in [6.07, 6.45) is 4.07. The Balaban J connectivity index is 1.78. The number of benzene rings is 1. The van der Waals surface area contributed by atoms with Gasteiger partial charge in [0, 0.05) is 4.90 Å². The smallest absolute Gasteiger partial charge is 0.270 e. The van der Waals surface area contributed by atoms with E-state index in [1.807, 2.05) is 22.7 Å². The third-order valence-electron chi connectivity index (χ3n) is 4.84. The summed E-state index contributed by atoms with van der Waals surface area (Å²) >= 11 is 5.16. The number of rotatable bonds is 3. The van der Waals surface area contributed by atoms with Crippen LogP contribution in [0.5, 0.6) is 0 Å². The molecule has 1 atom stereocenters. The van der Waals surface area contributed by atoms with Crippen LogP contribution in [0.25, 0.3) is 0 Å². The summed E-state index contributed by atoms with van der Waals surface area (Å²) in [4.78, 5) is 26.3. The summed E-state index contributed by atoms with van der Waals surface area (Å²) in [6, 6.07) is 8.53. The predicted octanol–water partition coefficient (Wildman–Crippen LogP) is 3.74. The van der Waals surface area contributed by atoms with Crippen molar-refractivity contribution in [2.75, 3.05) is 28.8 Å². The number of thioether (sulfide) groups is 3. The Kier molecular flexibility index (Phi) is 5.42. The number of H-pyrrole nitrogens is 1. The van der Waals surface area contributed by atoms with Crippen molar-refractivity contribution in [3.8, 4) is 0 Å². The van der Waals surface area contributed by atoms with Crippen LogP contribution in [0.15, 0.2) is 34.0 Å². The molecule has 0 aliphatic carbocycles. The predicted molar refractivity (Wildman–Crippen MR) is 112 cm³/mol. The number of hydrogen-bond acceptors (Lipinski definition) is 5. The third-order valence-corrected chi connectivity index (χ3v) is 7.90. The first-order valence-electron chi connectivity index (χ1n) is 8.65. The van der Waals surface area contributed by atoms with Crippen molar-refractivity contribution in [3.63, 3.8) is 0 Å². The molecule has 0 unspecified atom stereocenters. The Morgan fingerprint density at radius 2 is 1.88 bits per heavy atom. The zero-order valence-electron chi connectivity index (χ0n) is 14.5. The first-order valence-corrected chi connectivity index (χ1v) is 12.1. The molecule has 1 aromatic carbocycles. The molecule has 2 aliphatic heterocycles. The molecular weight excluding hydrogens is 386 g/mol. The Bertz CT molecular complexity index is 854. The van der Waals surface area contributed by atoms with E-state index in [0.717, 1.165) is 29.9 Å². The zero-order valence-corrected chi connectivity index (χ0v) is 16.9. The maximum atomic E-state index is 12.8. The van der Waals surface area contributed by atoms with E-state index in [1.54, 1.807) is 11.8 Å². The lowest BCUT2D eigenvalue weighted by Gasteiger charge is -2.24.